The Balaban J connectivity index is 1.37. The molecular weight excluding hydrogens is 780 g/mol. The number of hydrogen-bond acceptors (Lipinski definition) is 3. The molecule has 324 valence electrons. The molecule has 0 unspecified atom stereocenters. The van der Waals surface area contributed by atoms with Gasteiger partial charge >= 0.3 is 0 Å². The maximum atomic E-state index is 2.74. The molecule has 10 rings (SSSR count). The zero-order valence-electron chi connectivity index (χ0n) is 40.9. The minimum atomic E-state index is -0.0118. The van der Waals surface area contributed by atoms with Crippen LogP contribution >= 0.6 is 11.3 Å². The van der Waals surface area contributed by atoms with Gasteiger partial charge in [-0.1, -0.05) is 152 Å². The lowest BCUT2D eigenvalue weighted by atomic mass is 9.32. The molecule has 0 saturated carbocycles. The Morgan fingerprint density at radius 2 is 1.10 bits per heavy atom. The van der Waals surface area contributed by atoms with Crippen LogP contribution in [-0.2, 0) is 32.5 Å². The highest BCUT2D eigenvalue weighted by Gasteiger charge is 2.51. The fraction of sp³-hybridized carbons (Fsp3) is 0.424. The Kier molecular flexibility index (Phi) is 9.25. The van der Waals surface area contributed by atoms with Gasteiger partial charge in [0.1, 0.15) is 0 Å². The highest BCUT2D eigenvalue weighted by atomic mass is 32.1. The van der Waals surface area contributed by atoms with Crippen LogP contribution in [0.25, 0.3) is 11.1 Å². The maximum absolute atomic E-state index is 2.74. The van der Waals surface area contributed by atoms with E-state index >= 15 is 0 Å². The van der Waals surface area contributed by atoms with Crippen LogP contribution in [0, 0.1) is 6.92 Å². The fourth-order valence-corrected chi connectivity index (χ4v) is 13.4. The third-order valence-electron chi connectivity index (χ3n) is 16.0. The molecule has 63 heavy (non-hydrogen) atoms. The lowest BCUT2D eigenvalue weighted by Crippen LogP contribution is -2.62. The van der Waals surface area contributed by atoms with Crippen molar-refractivity contribution < 1.29 is 0 Å². The Morgan fingerprint density at radius 3 is 1.75 bits per heavy atom. The van der Waals surface area contributed by atoms with E-state index in [0.717, 1.165) is 0 Å². The number of thiophene rings is 1. The summed E-state index contributed by atoms with van der Waals surface area (Å²) < 4.78 is 0. The zero-order chi connectivity index (χ0) is 45.0. The molecule has 4 heteroatoms. The van der Waals surface area contributed by atoms with Gasteiger partial charge in [-0.3, -0.25) is 0 Å². The van der Waals surface area contributed by atoms with Crippen LogP contribution in [0.15, 0.2) is 97.1 Å². The van der Waals surface area contributed by atoms with Gasteiger partial charge < -0.3 is 9.80 Å². The Labute approximate surface area is 384 Å². The first-order chi connectivity index (χ1) is 29.4. The smallest absolute Gasteiger partial charge is 0.253 e. The Bertz CT molecular complexity index is 2830. The molecule has 2 aliphatic heterocycles. The molecular formula is C59H69BN2S. The highest BCUT2D eigenvalue weighted by molar-refractivity contribution is 7.20. The summed E-state index contributed by atoms with van der Waals surface area (Å²) >= 11 is 2.10. The molecule has 1 aromatic heterocycles. The molecule has 0 bridgehead atoms. The van der Waals surface area contributed by atoms with Crippen LogP contribution < -0.4 is 26.2 Å². The number of benzene rings is 5. The van der Waals surface area contributed by atoms with E-state index in [-0.39, 0.29) is 39.2 Å². The fourth-order valence-electron chi connectivity index (χ4n) is 11.7. The van der Waals surface area contributed by atoms with E-state index in [1.807, 2.05) is 0 Å². The van der Waals surface area contributed by atoms with E-state index in [2.05, 4.69) is 222 Å². The van der Waals surface area contributed by atoms with Gasteiger partial charge in [0.15, 0.2) is 0 Å². The van der Waals surface area contributed by atoms with E-state index in [9.17, 15) is 0 Å². The molecule has 0 N–H and O–H groups in total. The zero-order valence-corrected chi connectivity index (χ0v) is 41.8. The molecule has 5 aromatic carbocycles. The predicted octanol–water partition coefficient (Wildman–Crippen LogP) is 15.1. The van der Waals surface area contributed by atoms with Crippen molar-refractivity contribution in [3.8, 4) is 11.1 Å². The van der Waals surface area contributed by atoms with Crippen LogP contribution in [0.2, 0.25) is 0 Å². The van der Waals surface area contributed by atoms with Crippen molar-refractivity contribution in [1.82, 2.24) is 0 Å². The lowest BCUT2D eigenvalue weighted by molar-refractivity contribution is 0.332. The highest BCUT2D eigenvalue weighted by Crippen LogP contribution is 2.56. The molecule has 0 fully saturated rings. The van der Waals surface area contributed by atoms with Crippen molar-refractivity contribution in [2.75, 3.05) is 9.80 Å². The molecule has 3 heterocycles. The molecule has 2 aliphatic carbocycles. The largest absolute Gasteiger partial charge is 0.311 e. The number of aryl methyl sites for hydroxylation is 1. The van der Waals surface area contributed by atoms with Gasteiger partial charge in [-0.05, 0) is 168 Å². The number of fused-ring (bicyclic) bond motifs is 7. The van der Waals surface area contributed by atoms with Gasteiger partial charge in [-0.15, -0.1) is 11.3 Å². The van der Waals surface area contributed by atoms with Crippen molar-refractivity contribution in [3.05, 3.63) is 135 Å². The maximum Gasteiger partial charge on any atom is 0.253 e. The number of rotatable bonds is 3. The van der Waals surface area contributed by atoms with Crippen LogP contribution in [-0.4, -0.2) is 6.71 Å². The summed E-state index contributed by atoms with van der Waals surface area (Å²) in [5, 5.41) is 1.41. The predicted molar refractivity (Wildman–Crippen MR) is 276 cm³/mol. The number of nitrogens with zero attached hydrogens (tertiary/aromatic N) is 2. The van der Waals surface area contributed by atoms with E-state index < -0.39 is 0 Å². The average molecular weight is 849 g/mol. The summed E-state index contributed by atoms with van der Waals surface area (Å²) in [7, 11) is 0. The van der Waals surface area contributed by atoms with Gasteiger partial charge in [0.05, 0.1) is 5.00 Å². The first-order valence-corrected chi connectivity index (χ1v) is 24.6. The van der Waals surface area contributed by atoms with Crippen molar-refractivity contribution in [1.29, 1.82) is 0 Å². The van der Waals surface area contributed by atoms with E-state index in [0.29, 0.717) is 0 Å². The molecule has 2 nitrogen and oxygen atoms in total. The van der Waals surface area contributed by atoms with Crippen LogP contribution in [0.4, 0.5) is 33.4 Å². The second-order valence-electron chi connectivity index (χ2n) is 24.5. The Hall–Kier alpha value is -4.54. The van der Waals surface area contributed by atoms with Crippen LogP contribution in [0.5, 0.6) is 0 Å². The molecule has 0 spiro atoms. The monoisotopic (exact) mass is 849 g/mol. The quantitative estimate of drug-likeness (QED) is 0.163. The van der Waals surface area contributed by atoms with Crippen molar-refractivity contribution in [2.24, 2.45) is 0 Å². The first-order valence-electron chi connectivity index (χ1n) is 23.8. The minimum absolute atomic E-state index is 0.0118. The minimum Gasteiger partial charge on any atom is -0.311 e. The summed E-state index contributed by atoms with van der Waals surface area (Å²) in [5.74, 6) is 0. The molecule has 0 radical (unpaired) electrons. The molecule has 0 saturated heterocycles. The summed E-state index contributed by atoms with van der Waals surface area (Å²) in [6, 6.07) is 38.7. The molecule has 6 aromatic rings. The average Bonchev–Trinajstić information content (AvgIpc) is 3.63. The first kappa shape index (κ1) is 42.4. The van der Waals surface area contributed by atoms with Gasteiger partial charge in [0.25, 0.3) is 6.71 Å². The summed E-state index contributed by atoms with van der Waals surface area (Å²) in [6.07, 6.45) is 4.77. The number of hydrogen-bond donors (Lipinski definition) is 0. The van der Waals surface area contributed by atoms with Gasteiger partial charge in [0.2, 0.25) is 0 Å². The Morgan fingerprint density at radius 1 is 0.524 bits per heavy atom. The SMILES string of the molecule is Cc1ccccc1-c1cc2c3c(c1)N(c1ccc4c(c1)C(C)(C)CCC4(C)C)c1sc4c(c1B3c1ccc(C(C)(C)C)cc1N2c1ccc(C(C)(C)C)cc1)C(C)(C)CCC4(C)C. The van der Waals surface area contributed by atoms with Gasteiger partial charge in [-0.2, -0.15) is 0 Å². The van der Waals surface area contributed by atoms with E-state index in [1.165, 1.54) is 114 Å². The molecule has 4 aliphatic rings. The van der Waals surface area contributed by atoms with Crippen LogP contribution in [0.1, 0.15) is 161 Å². The van der Waals surface area contributed by atoms with Crippen molar-refractivity contribution in [3.63, 3.8) is 0 Å². The second-order valence-corrected chi connectivity index (χ2v) is 25.5. The third kappa shape index (κ3) is 6.54. The second kappa shape index (κ2) is 13.7. The van der Waals surface area contributed by atoms with Gasteiger partial charge in [-0.25, -0.2) is 0 Å². The van der Waals surface area contributed by atoms with E-state index in [1.54, 1.807) is 10.4 Å². The summed E-state index contributed by atoms with van der Waals surface area (Å²) in [6.45, 7) is 36.4. The third-order valence-corrected chi connectivity index (χ3v) is 17.5. The number of anilines is 6. The molecule has 0 atom stereocenters. The van der Waals surface area contributed by atoms with Crippen LogP contribution in [0.3, 0.4) is 0 Å². The lowest BCUT2D eigenvalue weighted by Gasteiger charge is -2.46. The molecule has 0 amide bonds. The normalized spacial score (nSPS) is 18.9. The van der Waals surface area contributed by atoms with Crippen molar-refractivity contribution in [2.45, 2.75) is 162 Å². The summed E-state index contributed by atoms with van der Waals surface area (Å²) in [5.41, 5.74) is 22.3. The summed E-state index contributed by atoms with van der Waals surface area (Å²) in [4.78, 5) is 6.97. The standard InChI is InChI=1S/C59H69BN2S/c1-36-18-16-17-19-42(36)37-32-47-50-48(33-37)62(41-25-26-43-44(35-41)57(10,11)29-28-56(43,8)9)53-51(49-52(63-53)59(14,15)31-30-58(49,12)13)60(50)45-27-22-39(55(5,6)7)34-46(45)61(47)40-23-20-38(21-24-40)54(2,3)4/h16-27,32-35H,28-31H2,1-15H3. The van der Waals surface area contributed by atoms with Gasteiger partial charge in [0, 0.05) is 33.3 Å². The van der Waals surface area contributed by atoms with E-state index in [4.69, 9.17) is 0 Å². The van der Waals surface area contributed by atoms with Crippen molar-refractivity contribution >= 4 is 67.9 Å². The topological polar surface area (TPSA) is 6.48 Å².